The molecule has 1 fully saturated rings. The molecule has 1 aliphatic heterocycles. The molecule has 5 atom stereocenters. The Morgan fingerprint density at radius 1 is 1.28 bits per heavy atom. The van der Waals surface area contributed by atoms with Crippen LogP contribution in [0.5, 0.6) is 0 Å². The zero-order valence-electron chi connectivity index (χ0n) is 10.7. The topological polar surface area (TPSA) is 29.5 Å². The Labute approximate surface area is 121 Å². The van der Waals surface area contributed by atoms with Crippen molar-refractivity contribution >= 4 is 27.5 Å². The molecule has 0 saturated carbocycles. The Morgan fingerprint density at radius 3 is 2.44 bits per heavy atom. The molecule has 1 saturated heterocycles. The molecule has 100 valence electrons. The Bertz CT molecular complexity index is 418. The van der Waals surface area contributed by atoms with Crippen molar-refractivity contribution in [3.63, 3.8) is 0 Å². The molecule has 18 heavy (non-hydrogen) atoms. The quantitative estimate of drug-likeness (QED) is 0.879. The fourth-order valence-corrected chi connectivity index (χ4v) is 3.82. The third kappa shape index (κ3) is 2.46. The number of halogens is 2. The summed E-state index contributed by atoms with van der Waals surface area (Å²) in [6, 6.07) is 5.57. The Kier molecular flexibility index (Phi) is 4.37. The number of ether oxygens (including phenoxy) is 1. The van der Waals surface area contributed by atoms with Gasteiger partial charge in [0.25, 0.3) is 0 Å². The van der Waals surface area contributed by atoms with Crippen LogP contribution >= 0.6 is 27.5 Å². The molecule has 2 nitrogen and oxygen atoms in total. The van der Waals surface area contributed by atoms with Crippen LogP contribution in [0.25, 0.3) is 0 Å². The zero-order chi connectivity index (χ0) is 13.4. The standard InChI is InChI=1S/C14H18BrClO2/c1-7-8(2)18-9(3)12(7)14(17)13-10(15)5-4-6-11(13)16/h4-9,12,14,17H,1-3H3. The summed E-state index contributed by atoms with van der Waals surface area (Å²) in [5.41, 5.74) is 0.764. The lowest BCUT2D eigenvalue weighted by atomic mass is 9.82. The van der Waals surface area contributed by atoms with Crippen molar-refractivity contribution < 1.29 is 9.84 Å². The van der Waals surface area contributed by atoms with Gasteiger partial charge in [-0.05, 0) is 31.9 Å². The maximum absolute atomic E-state index is 10.6. The lowest BCUT2D eigenvalue weighted by Crippen LogP contribution is -2.25. The summed E-state index contributed by atoms with van der Waals surface area (Å²) >= 11 is 9.67. The van der Waals surface area contributed by atoms with Gasteiger partial charge < -0.3 is 9.84 Å². The summed E-state index contributed by atoms with van der Waals surface area (Å²) in [5, 5.41) is 11.2. The van der Waals surface area contributed by atoms with Crippen molar-refractivity contribution in [2.75, 3.05) is 0 Å². The molecule has 5 unspecified atom stereocenters. The van der Waals surface area contributed by atoms with Crippen molar-refractivity contribution in [2.24, 2.45) is 11.8 Å². The lowest BCUT2D eigenvalue weighted by molar-refractivity contribution is 0.0229. The van der Waals surface area contributed by atoms with Crippen LogP contribution in [0.4, 0.5) is 0 Å². The van der Waals surface area contributed by atoms with Gasteiger partial charge in [0, 0.05) is 21.0 Å². The van der Waals surface area contributed by atoms with E-state index in [0.29, 0.717) is 10.9 Å². The van der Waals surface area contributed by atoms with Gasteiger partial charge in [-0.15, -0.1) is 0 Å². The molecular weight excluding hydrogens is 316 g/mol. The van der Waals surface area contributed by atoms with Crippen LogP contribution in [0.2, 0.25) is 5.02 Å². The van der Waals surface area contributed by atoms with E-state index in [-0.39, 0.29) is 18.1 Å². The van der Waals surface area contributed by atoms with Crippen LogP contribution in [0, 0.1) is 11.8 Å². The van der Waals surface area contributed by atoms with E-state index in [1.807, 2.05) is 19.1 Å². The maximum Gasteiger partial charge on any atom is 0.0871 e. The van der Waals surface area contributed by atoms with Gasteiger partial charge in [-0.25, -0.2) is 0 Å². The van der Waals surface area contributed by atoms with E-state index in [4.69, 9.17) is 16.3 Å². The van der Waals surface area contributed by atoms with E-state index in [1.165, 1.54) is 0 Å². The molecule has 0 spiro atoms. The van der Waals surface area contributed by atoms with Crippen LogP contribution in [0.1, 0.15) is 32.4 Å². The van der Waals surface area contributed by atoms with E-state index >= 15 is 0 Å². The SMILES string of the molecule is CC1OC(C)C(C(O)c2c(Cl)cccc2Br)C1C. The average molecular weight is 334 g/mol. The highest BCUT2D eigenvalue weighted by Gasteiger charge is 2.42. The van der Waals surface area contributed by atoms with E-state index in [9.17, 15) is 5.11 Å². The van der Waals surface area contributed by atoms with Gasteiger partial charge in [0.1, 0.15) is 0 Å². The van der Waals surface area contributed by atoms with Gasteiger partial charge >= 0.3 is 0 Å². The number of benzene rings is 1. The van der Waals surface area contributed by atoms with Gasteiger partial charge in [0.2, 0.25) is 0 Å². The first-order valence-electron chi connectivity index (χ1n) is 6.21. The molecular formula is C14H18BrClO2. The average Bonchev–Trinajstić information content (AvgIpc) is 2.52. The van der Waals surface area contributed by atoms with Crippen molar-refractivity contribution in [1.82, 2.24) is 0 Å². The molecule has 1 aromatic carbocycles. The Balaban J connectivity index is 2.34. The van der Waals surface area contributed by atoms with Gasteiger partial charge in [-0.2, -0.15) is 0 Å². The largest absolute Gasteiger partial charge is 0.388 e. The number of hydrogen-bond acceptors (Lipinski definition) is 2. The fourth-order valence-electron chi connectivity index (χ4n) is 2.82. The second-order valence-corrected chi connectivity index (χ2v) is 6.32. The van der Waals surface area contributed by atoms with E-state index in [0.717, 1.165) is 10.0 Å². The van der Waals surface area contributed by atoms with Gasteiger partial charge in [-0.3, -0.25) is 0 Å². The molecule has 1 aliphatic rings. The first-order chi connectivity index (χ1) is 8.43. The minimum Gasteiger partial charge on any atom is -0.388 e. The third-order valence-corrected chi connectivity index (χ3v) is 5.00. The van der Waals surface area contributed by atoms with Crippen molar-refractivity contribution in [3.05, 3.63) is 33.3 Å². The van der Waals surface area contributed by atoms with Gasteiger partial charge in [0.15, 0.2) is 0 Å². The van der Waals surface area contributed by atoms with Crippen molar-refractivity contribution in [1.29, 1.82) is 0 Å². The van der Waals surface area contributed by atoms with Crippen LogP contribution in [-0.4, -0.2) is 17.3 Å². The Morgan fingerprint density at radius 2 is 1.94 bits per heavy atom. The zero-order valence-corrected chi connectivity index (χ0v) is 13.1. The predicted octanol–water partition coefficient (Wildman–Crippen LogP) is 4.20. The smallest absolute Gasteiger partial charge is 0.0871 e. The van der Waals surface area contributed by atoms with Crippen molar-refractivity contribution in [2.45, 2.75) is 39.1 Å². The molecule has 4 heteroatoms. The molecule has 0 amide bonds. The molecule has 1 N–H and O–H groups in total. The normalized spacial score (nSPS) is 33.7. The highest BCUT2D eigenvalue weighted by molar-refractivity contribution is 9.10. The number of aliphatic hydroxyl groups excluding tert-OH is 1. The summed E-state index contributed by atoms with van der Waals surface area (Å²) in [6.45, 7) is 6.18. The maximum atomic E-state index is 10.6. The summed E-state index contributed by atoms with van der Waals surface area (Å²) < 4.78 is 6.64. The lowest BCUT2D eigenvalue weighted by Gasteiger charge is -2.26. The summed E-state index contributed by atoms with van der Waals surface area (Å²) in [7, 11) is 0. The minimum atomic E-state index is -0.608. The molecule has 1 aromatic rings. The van der Waals surface area contributed by atoms with Gasteiger partial charge in [0.05, 0.1) is 18.3 Å². The molecule has 1 heterocycles. The molecule has 0 bridgehead atoms. The minimum absolute atomic E-state index is 0.0353. The van der Waals surface area contributed by atoms with Gasteiger partial charge in [-0.1, -0.05) is 40.5 Å². The number of rotatable bonds is 2. The molecule has 0 radical (unpaired) electrons. The van der Waals surface area contributed by atoms with Crippen LogP contribution in [0.3, 0.4) is 0 Å². The monoisotopic (exact) mass is 332 g/mol. The second-order valence-electron chi connectivity index (χ2n) is 5.06. The molecule has 0 aliphatic carbocycles. The fraction of sp³-hybridized carbons (Fsp3) is 0.571. The van der Waals surface area contributed by atoms with Crippen LogP contribution < -0.4 is 0 Å². The molecule has 0 aromatic heterocycles. The Hall–Kier alpha value is -0.0900. The highest BCUT2D eigenvalue weighted by atomic mass is 79.9. The van der Waals surface area contributed by atoms with E-state index in [2.05, 4.69) is 29.8 Å². The summed E-state index contributed by atoms with van der Waals surface area (Å²) in [5.74, 6) is 0.370. The van der Waals surface area contributed by atoms with Crippen LogP contribution in [-0.2, 0) is 4.74 Å². The van der Waals surface area contributed by atoms with Crippen LogP contribution in [0.15, 0.2) is 22.7 Å². The van der Waals surface area contributed by atoms with E-state index in [1.54, 1.807) is 6.07 Å². The van der Waals surface area contributed by atoms with E-state index < -0.39 is 6.10 Å². The number of hydrogen-bond donors (Lipinski definition) is 1. The first-order valence-corrected chi connectivity index (χ1v) is 7.38. The summed E-state index contributed by atoms with van der Waals surface area (Å²) in [4.78, 5) is 0. The second kappa shape index (κ2) is 5.49. The van der Waals surface area contributed by atoms with Crippen molar-refractivity contribution in [3.8, 4) is 0 Å². The number of aliphatic hydroxyl groups is 1. The predicted molar refractivity (Wildman–Crippen MR) is 76.8 cm³/mol. The third-order valence-electron chi connectivity index (χ3n) is 3.98. The first kappa shape index (κ1) is 14.3. The highest BCUT2D eigenvalue weighted by Crippen LogP contribution is 2.44. The molecule has 2 rings (SSSR count). The summed E-state index contributed by atoms with van der Waals surface area (Å²) in [6.07, 6.45) is -0.405.